The predicted molar refractivity (Wildman–Crippen MR) is 77.6 cm³/mol. The summed E-state index contributed by atoms with van der Waals surface area (Å²) in [5.74, 6) is 6.62. The van der Waals surface area contributed by atoms with Crippen molar-refractivity contribution in [3.63, 3.8) is 0 Å². The molecule has 0 unspecified atom stereocenters. The summed E-state index contributed by atoms with van der Waals surface area (Å²) in [7, 11) is 0. The molecule has 0 fully saturated rings. The van der Waals surface area contributed by atoms with Crippen LogP contribution in [0.3, 0.4) is 0 Å². The summed E-state index contributed by atoms with van der Waals surface area (Å²) in [6.45, 7) is 10.3. The van der Waals surface area contributed by atoms with E-state index >= 15 is 0 Å². The number of anilines is 1. The largest absolute Gasteiger partial charge is 0.359 e. The molecule has 0 radical (unpaired) electrons. The van der Waals surface area contributed by atoms with Crippen LogP contribution in [0.4, 0.5) is 5.69 Å². The third-order valence-corrected chi connectivity index (χ3v) is 2.94. The first-order valence-corrected chi connectivity index (χ1v) is 6.60. The maximum Gasteiger partial charge on any atom is 0.0795 e. The minimum Gasteiger partial charge on any atom is -0.359 e. The van der Waals surface area contributed by atoms with Gasteiger partial charge in [0.2, 0.25) is 0 Å². The van der Waals surface area contributed by atoms with E-state index in [1.807, 2.05) is 0 Å². The highest BCUT2D eigenvalue weighted by Gasteiger charge is 2.13. The van der Waals surface area contributed by atoms with Gasteiger partial charge in [0, 0.05) is 30.7 Å². The molecule has 1 N–H and O–H groups in total. The summed E-state index contributed by atoms with van der Waals surface area (Å²) < 4.78 is 0. The highest BCUT2D eigenvalue weighted by molar-refractivity contribution is 5.55. The Labute approximate surface area is 110 Å². The molecule has 0 spiro atoms. The number of benzene rings is 1. The van der Waals surface area contributed by atoms with Crippen molar-refractivity contribution in [1.82, 2.24) is 5.32 Å². The van der Waals surface area contributed by atoms with Gasteiger partial charge in [-0.15, -0.1) is 0 Å². The van der Waals surface area contributed by atoms with E-state index in [1.54, 1.807) is 0 Å². The number of nitrogens with one attached hydrogen (secondary N) is 1. The van der Waals surface area contributed by atoms with Crippen molar-refractivity contribution >= 4 is 5.69 Å². The van der Waals surface area contributed by atoms with E-state index in [0.717, 1.165) is 26.2 Å². The third kappa shape index (κ3) is 3.51. The molecule has 0 aromatic heterocycles. The molecule has 0 saturated carbocycles. The molecule has 0 atom stereocenters. The first kappa shape index (κ1) is 13.0. The van der Waals surface area contributed by atoms with Gasteiger partial charge in [-0.05, 0) is 32.4 Å². The van der Waals surface area contributed by atoms with Crippen molar-refractivity contribution in [3.05, 3.63) is 29.8 Å². The number of fused-ring (bicyclic) bond motifs is 1. The van der Waals surface area contributed by atoms with E-state index < -0.39 is 0 Å². The van der Waals surface area contributed by atoms with Gasteiger partial charge < -0.3 is 10.2 Å². The number of hydrogen-bond acceptors (Lipinski definition) is 2. The zero-order valence-corrected chi connectivity index (χ0v) is 11.6. The molecule has 0 bridgehead atoms. The SMILES string of the molecule is CC(C)(C)C#CCN1CCNCc2ccccc21. The third-order valence-electron chi connectivity index (χ3n) is 2.94. The molecule has 0 saturated heterocycles. The molecule has 1 aliphatic rings. The van der Waals surface area contributed by atoms with Crippen LogP contribution in [0.15, 0.2) is 24.3 Å². The van der Waals surface area contributed by atoms with Gasteiger partial charge in [0.15, 0.2) is 0 Å². The summed E-state index contributed by atoms with van der Waals surface area (Å²) >= 11 is 0. The zero-order valence-electron chi connectivity index (χ0n) is 11.6. The van der Waals surface area contributed by atoms with Crippen LogP contribution < -0.4 is 10.2 Å². The second-order valence-corrected chi connectivity index (χ2v) is 5.78. The lowest BCUT2D eigenvalue weighted by molar-refractivity contribution is 0.570. The van der Waals surface area contributed by atoms with Crippen LogP contribution >= 0.6 is 0 Å². The van der Waals surface area contributed by atoms with Crippen molar-refractivity contribution in [2.75, 3.05) is 24.5 Å². The number of para-hydroxylation sites is 1. The Bertz CT molecular complexity index is 460. The Hall–Kier alpha value is -1.46. The van der Waals surface area contributed by atoms with E-state index in [4.69, 9.17) is 0 Å². The fraction of sp³-hybridized carbons (Fsp3) is 0.500. The molecule has 1 aliphatic heterocycles. The molecular weight excluding hydrogens is 220 g/mol. The normalized spacial score (nSPS) is 15.4. The average molecular weight is 242 g/mol. The number of nitrogens with zero attached hydrogens (tertiary/aromatic N) is 1. The number of rotatable bonds is 1. The molecule has 96 valence electrons. The molecule has 1 aromatic rings. The Morgan fingerprint density at radius 1 is 1.28 bits per heavy atom. The quantitative estimate of drug-likeness (QED) is 0.762. The lowest BCUT2D eigenvalue weighted by Gasteiger charge is -2.22. The lowest BCUT2D eigenvalue weighted by atomic mass is 9.98. The fourth-order valence-electron chi connectivity index (χ4n) is 2.09. The van der Waals surface area contributed by atoms with E-state index in [-0.39, 0.29) is 5.41 Å². The molecular formula is C16H22N2. The molecule has 0 aliphatic carbocycles. The first-order valence-electron chi connectivity index (χ1n) is 6.60. The number of hydrogen-bond donors (Lipinski definition) is 1. The topological polar surface area (TPSA) is 15.3 Å². The van der Waals surface area contributed by atoms with E-state index in [1.165, 1.54) is 11.3 Å². The minimum atomic E-state index is 0.0869. The molecule has 0 amide bonds. The van der Waals surface area contributed by atoms with Gasteiger partial charge in [-0.3, -0.25) is 0 Å². The van der Waals surface area contributed by atoms with Crippen LogP contribution in [-0.2, 0) is 6.54 Å². The van der Waals surface area contributed by atoms with Gasteiger partial charge in [-0.1, -0.05) is 30.0 Å². The van der Waals surface area contributed by atoms with Crippen LogP contribution in [-0.4, -0.2) is 19.6 Å². The Morgan fingerprint density at radius 2 is 2.06 bits per heavy atom. The summed E-state index contributed by atoms with van der Waals surface area (Å²) in [6, 6.07) is 8.60. The first-order chi connectivity index (χ1) is 8.56. The highest BCUT2D eigenvalue weighted by Crippen LogP contribution is 2.21. The smallest absolute Gasteiger partial charge is 0.0795 e. The Kier molecular flexibility index (Phi) is 3.93. The molecule has 2 heteroatoms. The van der Waals surface area contributed by atoms with Gasteiger partial charge in [-0.2, -0.15) is 0 Å². The Morgan fingerprint density at radius 3 is 2.83 bits per heavy atom. The van der Waals surface area contributed by atoms with Gasteiger partial charge in [0.1, 0.15) is 0 Å². The predicted octanol–water partition coefficient (Wildman–Crippen LogP) is 2.65. The summed E-state index contributed by atoms with van der Waals surface area (Å²) in [5, 5.41) is 3.45. The molecule has 18 heavy (non-hydrogen) atoms. The van der Waals surface area contributed by atoms with Gasteiger partial charge in [0.25, 0.3) is 0 Å². The summed E-state index contributed by atoms with van der Waals surface area (Å²) in [6.07, 6.45) is 0. The lowest BCUT2D eigenvalue weighted by Crippen LogP contribution is -2.29. The van der Waals surface area contributed by atoms with Gasteiger partial charge in [0.05, 0.1) is 6.54 Å². The minimum absolute atomic E-state index is 0.0869. The van der Waals surface area contributed by atoms with Crippen molar-refractivity contribution in [3.8, 4) is 11.8 Å². The van der Waals surface area contributed by atoms with Crippen LogP contribution in [0.5, 0.6) is 0 Å². The van der Waals surface area contributed by atoms with E-state index in [9.17, 15) is 0 Å². The van der Waals surface area contributed by atoms with Crippen LogP contribution in [0, 0.1) is 17.3 Å². The van der Waals surface area contributed by atoms with Crippen molar-refractivity contribution in [2.45, 2.75) is 27.3 Å². The van der Waals surface area contributed by atoms with Gasteiger partial charge >= 0.3 is 0 Å². The second kappa shape index (κ2) is 5.46. The molecule has 2 nitrogen and oxygen atoms in total. The van der Waals surface area contributed by atoms with Crippen molar-refractivity contribution in [1.29, 1.82) is 0 Å². The zero-order chi connectivity index (χ0) is 13.0. The van der Waals surface area contributed by atoms with E-state index in [0.29, 0.717) is 0 Å². The van der Waals surface area contributed by atoms with Crippen LogP contribution in [0.1, 0.15) is 26.3 Å². The second-order valence-electron chi connectivity index (χ2n) is 5.78. The standard InChI is InChI=1S/C16H22N2/c1-16(2,3)9-6-11-18-12-10-17-13-14-7-4-5-8-15(14)18/h4-5,7-8,17H,10-13H2,1-3H3. The summed E-state index contributed by atoms with van der Waals surface area (Å²) in [4.78, 5) is 2.37. The fourth-order valence-corrected chi connectivity index (χ4v) is 2.09. The maximum atomic E-state index is 3.45. The van der Waals surface area contributed by atoms with Crippen molar-refractivity contribution in [2.24, 2.45) is 5.41 Å². The molecule has 1 aromatic carbocycles. The van der Waals surface area contributed by atoms with E-state index in [2.05, 4.69) is 67.1 Å². The molecule has 1 heterocycles. The maximum absolute atomic E-state index is 3.45. The average Bonchev–Trinajstić information content (AvgIpc) is 2.51. The summed E-state index contributed by atoms with van der Waals surface area (Å²) in [5.41, 5.74) is 2.78. The Balaban J connectivity index is 2.15. The molecule has 2 rings (SSSR count). The van der Waals surface area contributed by atoms with Crippen LogP contribution in [0.25, 0.3) is 0 Å². The monoisotopic (exact) mass is 242 g/mol. The van der Waals surface area contributed by atoms with Gasteiger partial charge in [-0.25, -0.2) is 0 Å². The highest BCUT2D eigenvalue weighted by atomic mass is 15.2. The van der Waals surface area contributed by atoms with Crippen LogP contribution in [0.2, 0.25) is 0 Å². The van der Waals surface area contributed by atoms with Crippen molar-refractivity contribution < 1.29 is 0 Å².